The molecule has 1 aliphatic rings. The van der Waals surface area contributed by atoms with Crippen LogP contribution in [0.4, 0.5) is 5.69 Å². The first-order chi connectivity index (χ1) is 15.0. The summed E-state index contributed by atoms with van der Waals surface area (Å²) in [5.41, 5.74) is 2.27. The summed E-state index contributed by atoms with van der Waals surface area (Å²) in [6.07, 6.45) is 1.60. The molecular formula is C23H15IN2O5. The van der Waals surface area contributed by atoms with Crippen LogP contribution in [0.15, 0.2) is 83.5 Å². The van der Waals surface area contributed by atoms with Crippen molar-refractivity contribution in [3.05, 3.63) is 109 Å². The van der Waals surface area contributed by atoms with Gasteiger partial charge in [-0.1, -0.05) is 30.3 Å². The van der Waals surface area contributed by atoms with Gasteiger partial charge in [0.05, 0.1) is 4.92 Å². The second-order valence-corrected chi connectivity index (χ2v) is 7.84. The molecule has 3 aromatic carbocycles. The van der Waals surface area contributed by atoms with Crippen LogP contribution in [0.1, 0.15) is 16.7 Å². The summed E-state index contributed by atoms with van der Waals surface area (Å²) in [4.78, 5) is 26.9. The highest BCUT2D eigenvalue weighted by atomic mass is 127. The molecule has 154 valence electrons. The molecule has 0 saturated heterocycles. The van der Waals surface area contributed by atoms with Crippen LogP contribution in [-0.4, -0.2) is 16.8 Å². The fourth-order valence-electron chi connectivity index (χ4n) is 2.88. The second kappa shape index (κ2) is 9.09. The van der Waals surface area contributed by atoms with Crippen molar-refractivity contribution in [2.24, 2.45) is 4.99 Å². The lowest BCUT2D eigenvalue weighted by Crippen LogP contribution is -2.05. The Morgan fingerprint density at radius 2 is 1.74 bits per heavy atom. The lowest BCUT2D eigenvalue weighted by atomic mass is 10.1. The Labute approximate surface area is 191 Å². The minimum atomic E-state index is -0.596. The van der Waals surface area contributed by atoms with E-state index in [1.54, 1.807) is 6.08 Å². The zero-order valence-corrected chi connectivity index (χ0v) is 18.2. The molecular weight excluding hydrogens is 511 g/mol. The number of carbonyl (C=O) groups is 1. The summed E-state index contributed by atoms with van der Waals surface area (Å²) in [7, 11) is 0. The SMILES string of the molecule is O=C1OC(c2ccc([N+](=O)[O-])cc2)=N/C1=C\c1ccccc1OCc1ccc(I)cc1. The first-order valence-electron chi connectivity index (χ1n) is 9.23. The molecule has 0 aromatic heterocycles. The molecule has 7 nitrogen and oxygen atoms in total. The summed E-state index contributed by atoms with van der Waals surface area (Å²) in [6, 6.07) is 21.0. The van der Waals surface area contributed by atoms with E-state index in [1.807, 2.05) is 48.5 Å². The molecule has 0 spiro atoms. The van der Waals surface area contributed by atoms with Gasteiger partial charge in [-0.15, -0.1) is 0 Å². The van der Waals surface area contributed by atoms with E-state index in [1.165, 1.54) is 24.3 Å². The molecule has 1 aliphatic heterocycles. The zero-order valence-electron chi connectivity index (χ0n) is 16.0. The topological polar surface area (TPSA) is 91.0 Å². The molecule has 4 rings (SSSR count). The number of nitrogens with zero attached hydrogens (tertiary/aromatic N) is 2. The number of aliphatic imine (C=N–C) groups is 1. The third-order valence-electron chi connectivity index (χ3n) is 4.46. The number of carbonyl (C=O) groups excluding carboxylic acids is 1. The van der Waals surface area contributed by atoms with Gasteiger partial charge >= 0.3 is 5.97 Å². The van der Waals surface area contributed by atoms with Crippen molar-refractivity contribution >= 4 is 46.2 Å². The number of rotatable bonds is 6. The van der Waals surface area contributed by atoms with Gasteiger partial charge in [0, 0.05) is 26.8 Å². The first kappa shape index (κ1) is 20.7. The largest absolute Gasteiger partial charge is 0.488 e. The highest BCUT2D eigenvalue weighted by Gasteiger charge is 2.25. The van der Waals surface area contributed by atoms with Crippen molar-refractivity contribution in [3.63, 3.8) is 0 Å². The molecule has 0 amide bonds. The minimum Gasteiger partial charge on any atom is -0.488 e. The number of nitro benzene ring substituents is 1. The Kier molecular flexibility index (Phi) is 6.08. The standard InChI is InChI=1S/C23H15IN2O5/c24-18-9-5-15(6-10-18)14-30-21-4-2-1-3-17(21)13-20-23(27)31-22(25-20)16-7-11-19(12-8-16)26(28)29/h1-13H,14H2/b20-13-. The molecule has 0 bridgehead atoms. The Balaban J connectivity index is 1.55. The molecule has 8 heteroatoms. The van der Waals surface area contributed by atoms with Gasteiger partial charge in [-0.25, -0.2) is 9.79 Å². The van der Waals surface area contributed by atoms with Gasteiger partial charge in [0.25, 0.3) is 5.69 Å². The van der Waals surface area contributed by atoms with Crippen molar-refractivity contribution in [3.8, 4) is 5.75 Å². The third-order valence-corrected chi connectivity index (χ3v) is 5.18. The molecule has 0 atom stereocenters. The molecule has 0 radical (unpaired) electrons. The van der Waals surface area contributed by atoms with E-state index in [-0.39, 0.29) is 17.3 Å². The van der Waals surface area contributed by atoms with Gasteiger partial charge in [0.2, 0.25) is 5.90 Å². The van der Waals surface area contributed by atoms with E-state index >= 15 is 0 Å². The number of halogens is 1. The summed E-state index contributed by atoms with van der Waals surface area (Å²) < 4.78 is 12.3. The first-order valence-corrected chi connectivity index (χ1v) is 10.3. The Morgan fingerprint density at radius 3 is 2.45 bits per heavy atom. The quantitative estimate of drug-likeness (QED) is 0.146. The molecule has 31 heavy (non-hydrogen) atoms. The van der Waals surface area contributed by atoms with E-state index in [9.17, 15) is 14.9 Å². The third kappa shape index (κ3) is 4.97. The highest BCUT2D eigenvalue weighted by Crippen LogP contribution is 2.26. The Bertz CT molecular complexity index is 1200. The molecule has 3 aromatic rings. The predicted molar refractivity (Wildman–Crippen MR) is 124 cm³/mol. The zero-order chi connectivity index (χ0) is 21.8. The number of ether oxygens (including phenoxy) is 2. The molecule has 0 unspecified atom stereocenters. The van der Waals surface area contributed by atoms with Gasteiger partial charge in [-0.05, 0) is 64.6 Å². The van der Waals surface area contributed by atoms with Crippen molar-refractivity contribution < 1.29 is 19.2 Å². The van der Waals surface area contributed by atoms with Gasteiger partial charge in [0.15, 0.2) is 5.70 Å². The van der Waals surface area contributed by atoms with E-state index in [2.05, 4.69) is 27.6 Å². The fourth-order valence-corrected chi connectivity index (χ4v) is 3.24. The number of non-ortho nitro benzene ring substituents is 1. The van der Waals surface area contributed by atoms with Crippen molar-refractivity contribution in [2.75, 3.05) is 0 Å². The van der Waals surface area contributed by atoms with Crippen LogP contribution in [0, 0.1) is 13.7 Å². The number of nitro groups is 1. The molecule has 0 N–H and O–H groups in total. The molecule has 0 fully saturated rings. The van der Waals surface area contributed by atoms with Gasteiger partial charge < -0.3 is 9.47 Å². The van der Waals surface area contributed by atoms with Crippen LogP contribution >= 0.6 is 22.6 Å². The van der Waals surface area contributed by atoms with E-state index < -0.39 is 10.9 Å². The summed E-state index contributed by atoms with van der Waals surface area (Å²) >= 11 is 2.25. The maximum absolute atomic E-state index is 12.3. The second-order valence-electron chi connectivity index (χ2n) is 6.59. The Morgan fingerprint density at radius 1 is 1.03 bits per heavy atom. The average Bonchev–Trinajstić information content (AvgIpc) is 3.14. The van der Waals surface area contributed by atoms with Crippen molar-refractivity contribution in [2.45, 2.75) is 6.61 Å². The fraction of sp³-hybridized carbons (Fsp3) is 0.0435. The van der Waals surface area contributed by atoms with Crippen LogP contribution in [-0.2, 0) is 16.1 Å². The van der Waals surface area contributed by atoms with Crippen molar-refractivity contribution in [1.29, 1.82) is 0 Å². The summed E-state index contributed by atoms with van der Waals surface area (Å²) in [6.45, 7) is 0.388. The van der Waals surface area contributed by atoms with Crippen LogP contribution in [0.25, 0.3) is 6.08 Å². The number of benzene rings is 3. The number of hydrogen-bond acceptors (Lipinski definition) is 6. The van der Waals surface area contributed by atoms with Crippen molar-refractivity contribution in [1.82, 2.24) is 0 Å². The number of hydrogen-bond donors (Lipinski definition) is 0. The predicted octanol–water partition coefficient (Wildman–Crippen LogP) is 5.12. The maximum atomic E-state index is 12.3. The lowest BCUT2D eigenvalue weighted by molar-refractivity contribution is -0.384. The van der Waals surface area contributed by atoms with E-state index in [0.717, 1.165) is 9.13 Å². The summed E-state index contributed by atoms with van der Waals surface area (Å²) in [5, 5.41) is 10.8. The normalized spacial score (nSPS) is 14.3. The van der Waals surface area contributed by atoms with Crippen LogP contribution in [0.3, 0.4) is 0 Å². The number of esters is 1. The Hall–Kier alpha value is -3.53. The van der Waals surface area contributed by atoms with E-state index in [4.69, 9.17) is 9.47 Å². The molecule has 0 aliphatic carbocycles. The van der Waals surface area contributed by atoms with Crippen LogP contribution in [0.2, 0.25) is 0 Å². The van der Waals surface area contributed by atoms with Gasteiger partial charge in [0.1, 0.15) is 12.4 Å². The lowest BCUT2D eigenvalue weighted by Gasteiger charge is -2.09. The summed E-state index contributed by atoms with van der Waals surface area (Å²) in [5.74, 6) is 0.115. The molecule has 0 saturated carbocycles. The smallest absolute Gasteiger partial charge is 0.363 e. The van der Waals surface area contributed by atoms with Crippen LogP contribution in [0.5, 0.6) is 5.75 Å². The highest BCUT2D eigenvalue weighted by molar-refractivity contribution is 14.1. The van der Waals surface area contributed by atoms with E-state index in [0.29, 0.717) is 23.5 Å². The van der Waals surface area contributed by atoms with Crippen LogP contribution < -0.4 is 4.74 Å². The average molecular weight is 526 g/mol. The maximum Gasteiger partial charge on any atom is 0.363 e. The minimum absolute atomic E-state index is 0.0522. The van der Waals surface area contributed by atoms with Gasteiger partial charge in [-0.2, -0.15) is 0 Å². The number of cyclic esters (lactones) is 1. The monoisotopic (exact) mass is 526 g/mol. The molecule has 1 heterocycles. The van der Waals surface area contributed by atoms with Gasteiger partial charge in [-0.3, -0.25) is 10.1 Å². The number of para-hydroxylation sites is 1.